The van der Waals surface area contributed by atoms with Crippen LogP contribution in [0.25, 0.3) is 0 Å². The molecule has 0 rings (SSSR count). The molecule has 0 aliphatic rings. The zero-order valence-electron chi connectivity index (χ0n) is 23.0. The summed E-state index contributed by atoms with van der Waals surface area (Å²) >= 11 is 0. The number of nitrogens with zero attached hydrogens (tertiary/aromatic N) is 1. The van der Waals surface area contributed by atoms with Gasteiger partial charge in [0.25, 0.3) is 7.82 Å². The molecule has 0 N–H and O–H groups in total. The SMILES string of the molecule is CCCCCCCCCCCCCC/C=C\OC[C@H](COP(=O)([O-])OCC[N+](C)(C)C)OC(C)=O. The summed E-state index contributed by atoms with van der Waals surface area (Å²) in [5, 5.41) is 0. The van der Waals surface area contributed by atoms with E-state index in [1.54, 1.807) is 6.26 Å². The van der Waals surface area contributed by atoms with Gasteiger partial charge in [0, 0.05) is 6.92 Å². The van der Waals surface area contributed by atoms with Crippen molar-refractivity contribution in [3.05, 3.63) is 12.3 Å². The van der Waals surface area contributed by atoms with Gasteiger partial charge in [-0.3, -0.25) is 9.36 Å². The monoisotopic (exact) mass is 521 g/mol. The Kier molecular flexibility index (Phi) is 20.6. The van der Waals surface area contributed by atoms with Crippen LogP contribution in [0.15, 0.2) is 12.3 Å². The number of unbranched alkanes of at least 4 members (excludes halogenated alkanes) is 12. The summed E-state index contributed by atoms with van der Waals surface area (Å²) in [5.74, 6) is -0.533. The molecule has 0 aromatic carbocycles. The van der Waals surface area contributed by atoms with Crippen molar-refractivity contribution in [1.29, 1.82) is 0 Å². The van der Waals surface area contributed by atoms with E-state index in [-0.39, 0.29) is 19.8 Å². The molecule has 0 fully saturated rings. The predicted octanol–water partition coefficient (Wildman–Crippen LogP) is 5.75. The highest BCUT2D eigenvalue weighted by atomic mass is 31.2. The molecule has 0 aromatic heterocycles. The number of allylic oxidation sites excluding steroid dienone is 1. The molecule has 0 aromatic rings. The third-order valence-electron chi connectivity index (χ3n) is 5.46. The fraction of sp³-hybridized carbons (Fsp3) is 0.885. The van der Waals surface area contributed by atoms with Crippen molar-refractivity contribution < 1.29 is 37.3 Å². The number of ether oxygens (including phenoxy) is 2. The molecule has 0 bridgehead atoms. The highest BCUT2D eigenvalue weighted by molar-refractivity contribution is 7.45. The van der Waals surface area contributed by atoms with Gasteiger partial charge in [0.1, 0.15) is 19.8 Å². The number of likely N-dealkylation sites (N-methyl/N-ethyl adjacent to an activating group) is 1. The molecule has 0 spiro atoms. The quantitative estimate of drug-likeness (QED) is 0.0525. The molecule has 0 amide bonds. The molecule has 9 heteroatoms. The Bertz CT molecular complexity index is 593. The summed E-state index contributed by atoms with van der Waals surface area (Å²) in [4.78, 5) is 23.2. The Balaban J connectivity index is 3.89. The van der Waals surface area contributed by atoms with Crippen molar-refractivity contribution in [2.45, 2.75) is 103 Å². The lowest BCUT2D eigenvalue weighted by Gasteiger charge is -2.28. The molecule has 0 radical (unpaired) electrons. The van der Waals surface area contributed by atoms with E-state index in [2.05, 4.69) is 6.92 Å². The van der Waals surface area contributed by atoms with Gasteiger partial charge >= 0.3 is 5.97 Å². The van der Waals surface area contributed by atoms with E-state index in [1.807, 2.05) is 27.2 Å². The van der Waals surface area contributed by atoms with Crippen LogP contribution in [-0.4, -0.2) is 64.1 Å². The lowest BCUT2D eigenvalue weighted by atomic mass is 10.0. The van der Waals surface area contributed by atoms with Gasteiger partial charge in [0.2, 0.25) is 0 Å². The number of esters is 1. The third kappa shape index (κ3) is 26.0. The van der Waals surface area contributed by atoms with Crippen LogP contribution < -0.4 is 4.89 Å². The van der Waals surface area contributed by atoms with Gasteiger partial charge in [-0.25, -0.2) is 0 Å². The molecule has 1 unspecified atom stereocenters. The maximum atomic E-state index is 11.9. The van der Waals surface area contributed by atoms with Gasteiger partial charge in [0.15, 0.2) is 6.10 Å². The van der Waals surface area contributed by atoms with E-state index in [4.69, 9.17) is 18.5 Å². The van der Waals surface area contributed by atoms with Crippen molar-refractivity contribution in [2.75, 3.05) is 47.5 Å². The summed E-state index contributed by atoms with van der Waals surface area (Å²) in [5.41, 5.74) is 0. The topological polar surface area (TPSA) is 94.1 Å². The van der Waals surface area contributed by atoms with Crippen LogP contribution in [0, 0.1) is 0 Å². The van der Waals surface area contributed by atoms with Crippen molar-refractivity contribution in [3.63, 3.8) is 0 Å². The largest absolute Gasteiger partial charge is 0.756 e. The summed E-state index contributed by atoms with van der Waals surface area (Å²) in [6.07, 6.45) is 19.4. The first-order valence-electron chi connectivity index (χ1n) is 13.4. The van der Waals surface area contributed by atoms with Crippen LogP contribution in [0.4, 0.5) is 0 Å². The Labute approximate surface area is 214 Å². The lowest BCUT2D eigenvalue weighted by Crippen LogP contribution is -2.37. The van der Waals surface area contributed by atoms with Gasteiger partial charge in [-0.2, -0.15) is 0 Å². The van der Waals surface area contributed by atoms with Crippen LogP contribution in [0.3, 0.4) is 0 Å². The van der Waals surface area contributed by atoms with Gasteiger partial charge in [-0.05, 0) is 18.9 Å². The second kappa shape index (κ2) is 21.2. The van der Waals surface area contributed by atoms with Crippen LogP contribution in [0.2, 0.25) is 0 Å². The molecule has 0 aliphatic heterocycles. The highest BCUT2D eigenvalue weighted by Gasteiger charge is 2.19. The number of rotatable bonds is 24. The normalized spacial score (nSPS) is 14.7. The third-order valence-corrected chi connectivity index (χ3v) is 6.43. The number of carbonyl (C=O) groups excluding carboxylic acids is 1. The molecule has 0 heterocycles. The molecular weight excluding hydrogens is 469 g/mol. The summed E-state index contributed by atoms with van der Waals surface area (Å²) in [7, 11) is 1.31. The van der Waals surface area contributed by atoms with Crippen LogP contribution in [0.5, 0.6) is 0 Å². The Morgan fingerprint density at radius 2 is 1.43 bits per heavy atom. The minimum atomic E-state index is -4.48. The van der Waals surface area contributed by atoms with E-state index in [0.29, 0.717) is 11.0 Å². The second-order valence-corrected chi connectivity index (χ2v) is 11.6. The highest BCUT2D eigenvalue weighted by Crippen LogP contribution is 2.38. The zero-order valence-corrected chi connectivity index (χ0v) is 23.9. The van der Waals surface area contributed by atoms with Gasteiger partial charge < -0.3 is 27.9 Å². The van der Waals surface area contributed by atoms with Crippen molar-refractivity contribution in [3.8, 4) is 0 Å². The Hall–Kier alpha value is -0.920. The number of phosphoric acid groups is 1. The van der Waals surface area contributed by atoms with Gasteiger partial charge in [0.05, 0.1) is 34.0 Å². The molecule has 8 nitrogen and oxygen atoms in total. The number of hydrogen-bond donors (Lipinski definition) is 0. The molecule has 0 aliphatic carbocycles. The van der Waals surface area contributed by atoms with Crippen molar-refractivity contribution >= 4 is 13.8 Å². The van der Waals surface area contributed by atoms with Crippen LogP contribution in [0.1, 0.15) is 97.3 Å². The number of phosphoric ester groups is 1. The Morgan fingerprint density at radius 1 is 0.886 bits per heavy atom. The van der Waals surface area contributed by atoms with Crippen molar-refractivity contribution in [2.24, 2.45) is 0 Å². The zero-order chi connectivity index (χ0) is 26.4. The maximum Gasteiger partial charge on any atom is 0.303 e. The first-order chi connectivity index (χ1) is 16.6. The van der Waals surface area contributed by atoms with Gasteiger partial charge in [-0.15, -0.1) is 0 Å². The summed E-state index contributed by atoms with van der Waals surface area (Å²) < 4.78 is 32.7. The molecule has 35 heavy (non-hydrogen) atoms. The fourth-order valence-electron chi connectivity index (χ4n) is 3.39. The second-order valence-electron chi connectivity index (χ2n) is 10.2. The minimum absolute atomic E-state index is 0.00735. The Morgan fingerprint density at radius 3 is 1.94 bits per heavy atom. The number of hydrogen-bond acceptors (Lipinski definition) is 7. The first kappa shape index (κ1) is 34.1. The van der Waals surface area contributed by atoms with E-state index < -0.39 is 19.9 Å². The molecule has 0 saturated carbocycles. The first-order valence-corrected chi connectivity index (χ1v) is 14.9. The standard InChI is InChI=1S/C26H52NO7P/c1-6-7-8-9-10-11-12-13-14-15-16-17-18-19-21-31-23-26(34-25(2)28)24-33-35(29,30)32-22-20-27(3,4)5/h19,21,26H,6-18,20,22-24H2,1-5H3/b21-19-/t26-/m1/s1. The molecular formula is C26H52NO7P. The number of carbonyl (C=O) groups is 1. The van der Waals surface area contributed by atoms with Crippen molar-refractivity contribution in [1.82, 2.24) is 0 Å². The minimum Gasteiger partial charge on any atom is -0.756 e. The average Bonchev–Trinajstić information content (AvgIpc) is 2.75. The van der Waals surface area contributed by atoms with E-state index in [1.165, 1.54) is 77.6 Å². The smallest absolute Gasteiger partial charge is 0.303 e. The molecule has 0 saturated heterocycles. The van der Waals surface area contributed by atoms with E-state index in [0.717, 1.165) is 12.8 Å². The predicted molar refractivity (Wildman–Crippen MR) is 139 cm³/mol. The van der Waals surface area contributed by atoms with Crippen LogP contribution in [-0.2, 0) is 27.9 Å². The van der Waals surface area contributed by atoms with E-state index in [9.17, 15) is 14.3 Å². The van der Waals surface area contributed by atoms with Gasteiger partial charge in [-0.1, -0.05) is 77.6 Å². The summed E-state index contributed by atoms with van der Waals surface area (Å²) in [6.45, 7) is 3.69. The lowest BCUT2D eigenvalue weighted by molar-refractivity contribution is -0.870. The fourth-order valence-corrected chi connectivity index (χ4v) is 4.12. The maximum absolute atomic E-state index is 11.9. The summed E-state index contributed by atoms with van der Waals surface area (Å²) in [6, 6.07) is 0. The average molecular weight is 522 g/mol. The van der Waals surface area contributed by atoms with E-state index >= 15 is 0 Å². The molecule has 2 atom stereocenters. The number of quaternary nitrogens is 1. The molecule has 208 valence electrons. The van der Waals surface area contributed by atoms with Crippen LogP contribution >= 0.6 is 7.82 Å².